The molecule has 0 saturated heterocycles. The highest BCUT2D eigenvalue weighted by Gasteiger charge is 1.90. The van der Waals surface area contributed by atoms with Crippen LogP contribution in [0, 0.1) is 0 Å². The van der Waals surface area contributed by atoms with Crippen molar-refractivity contribution in [2.45, 2.75) is 13.5 Å². The fourth-order valence-corrected chi connectivity index (χ4v) is 1.29. The normalized spacial score (nSPS) is 11.6. The molecule has 0 aliphatic rings. The quantitative estimate of drug-likeness (QED) is 0.714. The summed E-state index contributed by atoms with van der Waals surface area (Å²) in [5, 5.41) is 3.14. The van der Waals surface area contributed by atoms with Gasteiger partial charge in [0.25, 0.3) is 0 Å². The minimum atomic E-state index is 0.922. The van der Waals surface area contributed by atoms with Crippen LogP contribution < -0.4 is 5.32 Å². The summed E-state index contributed by atoms with van der Waals surface area (Å²) in [5.74, 6) is 0. The van der Waals surface area contributed by atoms with E-state index in [0.717, 1.165) is 6.54 Å². The standard InChI is InChI=1S/C13H17N/c1-3-4-5-7-12-8-6-9-13(10-12)11-14-2/h3-10,14H,11H2,1-2H3/b4-3-,7-5-. The lowest BCUT2D eigenvalue weighted by Gasteiger charge is -2.00. The van der Waals surface area contributed by atoms with E-state index in [9.17, 15) is 0 Å². The predicted octanol–water partition coefficient (Wildman–Crippen LogP) is 3.00. The maximum absolute atomic E-state index is 3.14. The lowest BCUT2D eigenvalue weighted by Crippen LogP contribution is -2.04. The molecule has 1 rings (SSSR count). The Hall–Kier alpha value is -1.34. The Morgan fingerprint density at radius 3 is 2.86 bits per heavy atom. The van der Waals surface area contributed by atoms with Crippen LogP contribution in [0.1, 0.15) is 18.1 Å². The third kappa shape index (κ3) is 3.58. The van der Waals surface area contributed by atoms with E-state index in [-0.39, 0.29) is 0 Å². The number of benzene rings is 1. The maximum Gasteiger partial charge on any atom is 0.0202 e. The fraction of sp³-hybridized carbons (Fsp3) is 0.231. The van der Waals surface area contributed by atoms with Crippen molar-refractivity contribution >= 4 is 6.08 Å². The van der Waals surface area contributed by atoms with Gasteiger partial charge in [-0.15, -0.1) is 0 Å². The summed E-state index contributed by atoms with van der Waals surface area (Å²) in [6, 6.07) is 8.52. The molecule has 0 unspecified atom stereocenters. The molecule has 1 N–H and O–H groups in total. The molecule has 0 atom stereocenters. The molecule has 74 valence electrons. The van der Waals surface area contributed by atoms with Crippen LogP contribution in [0.5, 0.6) is 0 Å². The number of allylic oxidation sites excluding steroid dienone is 3. The first-order valence-electron chi connectivity index (χ1n) is 4.89. The summed E-state index contributed by atoms with van der Waals surface area (Å²) in [6.45, 7) is 2.94. The number of hydrogen-bond acceptors (Lipinski definition) is 1. The van der Waals surface area contributed by atoms with E-state index in [1.165, 1.54) is 11.1 Å². The van der Waals surface area contributed by atoms with E-state index in [4.69, 9.17) is 0 Å². The lowest BCUT2D eigenvalue weighted by molar-refractivity contribution is 0.818. The maximum atomic E-state index is 3.14. The van der Waals surface area contributed by atoms with E-state index in [2.05, 4.69) is 41.7 Å². The Balaban J connectivity index is 2.72. The Kier molecular flexibility index (Phi) is 4.73. The van der Waals surface area contributed by atoms with Crippen molar-refractivity contribution in [1.82, 2.24) is 5.32 Å². The zero-order chi connectivity index (χ0) is 10.2. The SMILES string of the molecule is C/C=C\C=C/c1cccc(CNC)c1. The zero-order valence-corrected chi connectivity index (χ0v) is 8.83. The van der Waals surface area contributed by atoms with Crippen LogP contribution in [0.2, 0.25) is 0 Å². The molecule has 0 fully saturated rings. The zero-order valence-electron chi connectivity index (χ0n) is 8.83. The molecule has 0 spiro atoms. The summed E-state index contributed by atoms with van der Waals surface area (Å²) in [5.41, 5.74) is 2.56. The average molecular weight is 187 g/mol. The van der Waals surface area contributed by atoms with Gasteiger partial charge >= 0.3 is 0 Å². The summed E-state index contributed by atoms with van der Waals surface area (Å²) >= 11 is 0. The Morgan fingerprint density at radius 1 is 1.29 bits per heavy atom. The highest BCUT2D eigenvalue weighted by atomic mass is 14.8. The van der Waals surface area contributed by atoms with Gasteiger partial charge in [-0.2, -0.15) is 0 Å². The van der Waals surface area contributed by atoms with Crippen LogP contribution >= 0.6 is 0 Å². The van der Waals surface area contributed by atoms with Crippen molar-refractivity contribution in [3.8, 4) is 0 Å². The summed E-state index contributed by atoms with van der Waals surface area (Å²) < 4.78 is 0. The van der Waals surface area contributed by atoms with Crippen LogP contribution in [0.3, 0.4) is 0 Å². The van der Waals surface area contributed by atoms with Gasteiger partial charge in [0.2, 0.25) is 0 Å². The van der Waals surface area contributed by atoms with Crippen LogP contribution in [-0.4, -0.2) is 7.05 Å². The third-order valence-electron chi connectivity index (χ3n) is 1.92. The van der Waals surface area contributed by atoms with E-state index < -0.39 is 0 Å². The average Bonchev–Trinajstić information content (AvgIpc) is 2.19. The van der Waals surface area contributed by atoms with E-state index in [1.54, 1.807) is 0 Å². The molecule has 0 heterocycles. The fourth-order valence-electron chi connectivity index (χ4n) is 1.29. The van der Waals surface area contributed by atoms with Crippen molar-refractivity contribution in [2.75, 3.05) is 7.05 Å². The van der Waals surface area contributed by atoms with Crippen LogP contribution in [0.15, 0.2) is 42.5 Å². The van der Waals surface area contributed by atoms with E-state index in [1.807, 2.05) is 26.1 Å². The molecule has 0 bridgehead atoms. The third-order valence-corrected chi connectivity index (χ3v) is 1.92. The lowest BCUT2D eigenvalue weighted by atomic mass is 10.1. The van der Waals surface area contributed by atoms with Gasteiger partial charge in [-0.3, -0.25) is 0 Å². The number of nitrogens with one attached hydrogen (secondary N) is 1. The second-order valence-corrected chi connectivity index (χ2v) is 3.16. The molecule has 0 aliphatic carbocycles. The molecule has 1 aromatic rings. The van der Waals surface area contributed by atoms with Crippen LogP contribution in [-0.2, 0) is 6.54 Å². The molecule has 0 saturated carbocycles. The first-order valence-corrected chi connectivity index (χ1v) is 4.89. The van der Waals surface area contributed by atoms with Crippen LogP contribution in [0.4, 0.5) is 0 Å². The highest BCUT2D eigenvalue weighted by Crippen LogP contribution is 2.06. The second-order valence-electron chi connectivity index (χ2n) is 3.16. The smallest absolute Gasteiger partial charge is 0.0202 e. The summed E-state index contributed by atoms with van der Waals surface area (Å²) in [6.07, 6.45) is 8.22. The molecule has 1 nitrogen and oxygen atoms in total. The van der Waals surface area contributed by atoms with Crippen molar-refractivity contribution in [3.63, 3.8) is 0 Å². The molecule has 14 heavy (non-hydrogen) atoms. The molecular weight excluding hydrogens is 170 g/mol. The van der Waals surface area contributed by atoms with Crippen molar-refractivity contribution < 1.29 is 0 Å². The summed E-state index contributed by atoms with van der Waals surface area (Å²) in [7, 11) is 1.96. The molecule has 0 radical (unpaired) electrons. The number of rotatable bonds is 4. The van der Waals surface area contributed by atoms with Gasteiger partial charge in [0.05, 0.1) is 0 Å². The van der Waals surface area contributed by atoms with Gasteiger partial charge in [-0.1, -0.05) is 48.6 Å². The monoisotopic (exact) mass is 187 g/mol. The molecular formula is C13H17N. The van der Waals surface area contributed by atoms with Gasteiger partial charge in [0.15, 0.2) is 0 Å². The molecule has 1 heteroatoms. The van der Waals surface area contributed by atoms with Crippen molar-refractivity contribution in [3.05, 3.63) is 53.6 Å². The summed E-state index contributed by atoms with van der Waals surface area (Å²) in [4.78, 5) is 0. The van der Waals surface area contributed by atoms with E-state index >= 15 is 0 Å². The first kappa shape index (κ1) is 10.7. The topological polar surface area (TPSA) is 12.0 Å². The van der Waals surface area contributed by atoms with Crippen LogP contribution in [0.25, 0.3) is 6.08 Å². The Labute approximate surface area is 86.2 Å². The first-order chi connectivity index (χ1) is 6.86. The van der Waals surface area contributed by atoms with E-state index in [0.29, 0.717) is 0 Å². The highest BCUT2D eigenvalue weighted by molar-refractivity contribution is 5.51. The van der Waals surface area contributed by atoms with Gasteiger partial charge in [0.1, 0.15) is 0 Å². The van der Waals surface area contributed by atoms with Crippen molar-refractivity contribution in [2.24, 2.45) is 0 Å². The Morgan fingerprint density at radius 2 is 2.14 bits per heavy atom. The largest absolute Gasteiger partial charge is 0.316 e. The van der Waals surface area contributed by atoms with Crippen molar-refractivity contribution in [1.29, 1.82) is 0 Å². The second kappa shape index (κ2) is 6.17. The minimum absolute atomic E-state index is 0.922. The van der Waals surface area contributed by atoms with Gasteiger partial charge < -0.3 is 5.32 Å². The van der Waals surface area contributed by atoms with Gasteiger partial charge in [-0.05, 0) is 25.1 Å². The molecule has 1 aromatic carbocycles. The molecule has 0 aliphatic heterocycles. The minimum Gasteiger partial charge on any atom is -0.316 e. The van der Waals surface area contributed by atoms with Gasteiger partial charge in [-0.25, -0.2) is 0 Å². The molecule has 0 aromatic heterocycles. The van der Waals surface area contributed by atoms with Gasteiger partial charge in [0, 0.05) is 6.54 Å². The number of hydrogen-bond donors (Lipinski definition) is 1. The Bertz CT molecular complexity index is 324. The predicted molar refractivity (Wildman–Crippen MR) is 63.1 cm³/mol. The molecule has 0 amide bonds.